The summed E-state index contributed by atoms with van der Waals surface area (Å²) >= 11 is 5.70. The molecule has 2 atom stereocenters. The Labute approximate surface area is 101 Å². The van der Waals surface area contributed by atoms with Crippen LogP contribution in [0.1, 0.15) is 31.9 Å². The summed E-state index contributed by atoms with van der Waals surface area (Å²) in [6.45, 7) is 3.04. The average molecular weight is 244 g/mol. The lowest BCUT2D eigenvalue weighted by atomic mass is 9.86. The molecular weight excluding hydrogens is 226 g/mol. The highest BCUT2D eigenvalue weighted by Crippen LogP contribution is 2.37. The van der Waals surface area contributed by atoms with E-state index in [1.807, 2.05) is 6.07 Å². The zero-order valence-electron chi connectivity index (χ0n) is 9.50. The second kappa shape index (κ2) is 4.78. The molecule has 3 nitrogen and oxygen atoms in total. The minimum Gasteiger partial charge on any atom is -0.448 e. The van der Waals surface area contributed by atoms with Gasteiger partial charge in [-0.3, -0.25) is 0 Å². The molecule has 1 saturated carbocycles. The molecule has 0 radical (unpaired) electrons. The molecule has 1 aliphatic rings. The molecule has 2 N–H and O–H groups in total. The van der Waals surface area contributed by atoms with E-state index in [1.165, 1.54) is 6.42 Å². The zero-order chi connectivity index (χ0) is 11.6. The summed E-state index contributed by atoms with van der Waals surface area (Å²) in [4.78, 5) is 0. The number of aliphatic hydroxyl groups is 1. The van der Waals surface area contributed by atoms with Crippen LogP contribution in [0.4, 0.5) is 0 Å². The molecule has 1 heterocycles. The second-order valence-electron chi connectivity index (χ2n) is 4.84. The van der Waals surface area contributed by atoms with Gasteiger partial charge in [-0.1, -0.05) is 13.3 Å². The Balaban J connectivity index is 1.90. The summed E-state index contributed by atoms with van der Waals surface area (Å²) in [6, 6.07) is 3.99. The van der Waals surface area contributed by atoms with Crippen LogP contribution < -0.4 is 5.32 Å². The van der Waals surface area contributed by atoms with Crippen LogP contribution in [-0.4, -0.2) is 17.8 Å². The lowest BCUT2D eigenvalue weighted by Crippen LogP contribution is -2.41. The minimum absolute atomic E-state index is 0.0103. The third kappa shape index (κ3) is 2.42. The highest BCUT2D eigenvalue weighted by Gasteiger charge is 2.37. The van der Waals surface area contributed by atoms with E-state index >= 15 is 0 Å². The van der Waals surface area contributed by atoms with Gasteiger partial charge in [0.2, 0.25) is 0 Å². The topological polar surface area (TPSA) is 45.4 Å². The standard InChI is InChI=1S/C12H18ClNO2/c1-12(8-15)6-2-3-10(12)14-7-9-4-5-11(13)16-9/h4-5,10,14-15H,2-3,6-8H2,1H3. The fraction of sp³-hybridized carbons (Fsp3) is 0.667. The zero-order valence-corrected chi connectivity index (χ0v) is 10.3. The summed E-state index contributed by atoms with van der Waals surface area (Å²) in [7, 11) is 0. The van der Waals surface area contributed by atoms with Gasteiger partial charge < -0.3 is 14.8 Å². The summed E-state index contributed by atoms with van der Waals surface area (Å²) < 4.78 is 5.29. The average Bonchev–Trinajstić information content (AvgIpc) is 2.83. The maximum atomic E-state index is 9.41. The monoisotopic (exact) mass is 243 g/mol. The van der Waals surface area contributed by atoms with Crippen LogP contribution in [0, 0.1) is 5.41 Å². The van der Waals surface area contributed by atoms with E-state index in [4.69, 9.17) is 16.0 Å². The van der Waals surface area contributed by atoms with Crippen LogP contribution in [0.3, 0.4) is 0 Å². The predicted molar refractivity (Wildman–Crippen MR) is 63.4 cm³/mol. The Kier molecular flexibility index (Phi) is 3.57. The minimum atomic E-state index is 0.0103. The van der Waals surface area contributed by atoms with E-state index in [0.29, 0.717) is 17.8 Å². The SMILES string of the molecule is CC1(CO)CCCC1NCc1ccc(Cl)o1. The van der Waals surface area contributed by atoms with Crippen LogP contribution in [0.15, 0.2) is 16.5 Å². The van der Waals surface area contributed by atoms with Crippen molar-refractivity contribution in [2.75, 3.05) is 6.61 Å². The molecule has 0 aromatic carbocycles. The van der Waals surface area contributed by atoms with E-state index in [1.54, 1.807) is 6.07 Å². The highest BCUT2D eigenvalue weighted by atomic mass is 35.5. The van der Waals surface area contributed by atoms with Crippen molar-refractivity contribution in [1.82, 2.24) is 5.32 Å². The molecule has 1 aromatic rings. The van der Waals surface area contributed by atoms with E-state index in [0.717, 1.165) is 18.6 Å². The first-order chi connectivity index (χ1) is 7.64. The molecule has 90 valence electrons. The molecule has 2 rings (SSSR count). The molecule has 1 fully saturated rings. The fourth-order valence-electron chi connectivity index (χ4n) is 2.44. The number of aliphatic hydroxyl groups excluding tert-OH is 1. The van der Waals surface area contributed by atoms with Crippen LogP contribution in [0.2, 0.25) is 5.22 Å². The summed E-state index contributed by atoms with van der Waals surface area (Å²) in [5, 5.41) is 13.3. The van der Waals surface area contributed by atoms with Crippen molar-refractivity contribution in [2.45, 2.75) is 38.8 Å². The molecule has 0 saturated heterocycles. The fourth-order valence-corrected chi connectivity index (χ4v) is 2.60. The Bertz CT molecular complexity index is 353. The molecule has 2 unspecified atom stereocenters. The van der Waals surface area contributed by atoms with Gasteiger partial charge in [0.15, 0.2) is 5.22 Å². The summed E-state index contributed by atoms with van der Waals surface area (Å²) in [5.74, 6) is 0.845. The van der Waals surface area contributed by atoms with Gasteiger partial charge in [0.1, 0.15) is 5.76 Å². The van der Waals surface area contributed by atoms with Gasteiger partial charge in [0.05, 0.1) is 6.54 Å². The number of nitrogens with one attached hydrogen (secondary N) is 1. The number of hydrogen-bond donors (Lipinski definition) is 2. The van der Waals surface area contributed by atoms with Crippen molar-refractivity contribution >= 4 is 11.6 Å². The summed E-state index contributed by atoms with van der Waals surface area (Å²) in [6.07, 6.45) is 3.37. The summed E-state index contributed by atoms with van der Waals surface area (Å²) in [5.41, 5.74) is 0.0103. The molecule has 1 aromatic heterocycles. The quantitative estimate of drug-likeness (QED) is 0.855. The van der Waals surface area contributed by atoms with Gasteiger partial charge in [0, 0.05) is 18.1 Å². The van der Waals surface area contributed by atoms with Gasteiger partial charge in [-0.15, -0.1) is 0 Å². The van der Waals surface area contributed by atoms with Crippen molar-refractivity contribution < 1.29 is 9.52 Å². The van der Waals surface area contributed by atoms with Gasteiger partial charge >= 0.3 is 0 Å². The largest absolute Gasteiger partial charge is 0.448 e. The van der Waals surface area contributed by atoms with E-state index in [-0.39, 0.29) is 12.0 Å². The molecule has 0 bridgehead atoms. The Hall–Kier alpha value is -0.510. The van der Waals surface area contributed by atoms with Crippen molar-refractivity contribution in [3.05, 3.63) is 23.1 Å². The number of hydrogen-bond acceptors (Lipinski definition) is 3. The van der Waals surface area contributed by atoms with Gasteiger partial charge in [-0.2, -0.15) is 0 Å². The molecule has 0 amide bonds. The molecule has 0 aliphatic heterocycles. The van der Waals surface area contributed by atoms with Crippen LogP contribution in [0.25, 0.3) is 0 Å². The highest BCUT2D eigenvalue weighted by molar-refractivity contribution is 6.28. The van der Waals surface area contributed by atoms with Crippen LogP contribution >= 0.6 is 11.6 Å². The number of furan rings is 1. The van der Waals surface area contributed by atoms with Gasteiger partial charge in [0.25, 0.3) is 0 Å². The molecule has 4 heteroatoms. The normalized spacial score (nSPS) is 29.8. The number of halogens is 1. The van der Waals surface area contributed by atoms with Crippen molar-refractivity contribution in [3.63, 3.8) is 0 Å². The molecular formula is C12H18ClNO2. The van der Waals surface area contributed by atoms with Crippen LogP contribution in [-0.2, 0) is 6.54 Å². The van der Waals surface area contributed by atoms with Crippen LogP contribution in [0.5, 0.6) is 0 Å². The van der Waals surface area contributed by atoms with E-state index < -0.39 is 0 Å². The first-order valence-corrected chi connectivity index (χ1v) is 6.10. The lowest BCUT2D eigenvalue weighted by molar-refractivity contribution is 0.117. The molecule has 16 heavy (non-hydrogen) atoms. The van der Waals surface area contributed by atoms with Crippen molar-refractivity contribution in [1.29, 1.82) is 0 Å². The second-order valence-corrected chi connectivity index (χ2v) is 5.22. The number of rotatable bonds is 4. The first kappa shape index (κ1) is 12.0. The molecule has 0 spiro atoms. The third-order valence-corrected chi connectivity index (χ3v) is 3.80. The maximum Gasteiger partial charge on any atom is 0.193 e. The van der Waals surface area contributed by atoms with Crippen molar-refractivity contribution in [3.8, 4) is 0 Å². The van der Waals surface area contributed by atoms with Gasteiger partial charge in [-0.25, -0.2) is 0 Å². The lowest BCUT2D eigenvalue weighted by Gasteiger charge is -2.30. The van der Waals surface area contributed by atoms with E-state index in [9.17, 15) is 5.11 Å². The smallest absolute Gasteiger partial charge is 0.193 e. The Morgan fingerprint density at radius 2 is 2.44 bits per heavy atom. The van der Waals surface area contributed by atoms with Gasteiger partial charge in [-0.05, 0) is 36.6 Å². The van der Waals surface area contributed by atoms with E-state index in [2.05, 4.69) is 12.2 Å². The van der Waals surface area contributed by atoms with Crippen molar-refractivity contribution in [2.24, 2.45) is 5.41 Å². The maximum absolute atomic E-state index is 9.41. The third-order valence-electron chi connectivity index (χ3n) is 3.59. The predicted octanol–water partition coefficient (Wildman–Crippen LogP) is 2.57. The Morgan fingerprint density at radius 1 is 1.62 bits per heavy atom. The Morgan fingerprint density at radius 3 is 3.06 bits per heavy atom. The molecule has 1 aliphatic carbocycles. The first-order valence-electron chi connectivity index (χ1n) is 5.72.